The molecule has 3 aromatic rings. The minimum atomic E-state index is -0.610. The lowest BCUT2D eigenvalue weighted by molar-refractivity contribution is -0.0593. The molecule has 0 radical (unpaired) electrons. The first-order valence-corrected chi connectivity index (χ1v) is 12.6. The number of benzene rings is 2. The lowest BCUT2D eigenvalue weighted by atomic mass is 10.1. The molecule has 7 heteroatoms. The molecule has 2 atom stereocenters. The summed E-state index contributed by atoms with van der Waals surface area (Å²) in [6.07, 6.45) is 0.336. The van der Waals surface area contributed by atoms with Gasteiger partial charge in [-0.25, -0.2) is 4.68 Å². The Morgan fingerprint density at radius 1 is 1.03 bits per heavy atom. The minimum absolute atomic E-state index is 0.243. The quantitative estimate of drug-likeness (QED) is 0.345. The third-order valence-corrected chi connectivity index (χ3v) is 6.14. The van der Waals surface area contributed by atoms with Gasteiger partial charge in [-0.3, -0.25) is 4.90 Å². The molecule has 0 amide bonds. The van der Waals surface area contributed by atoms with E-state index in [-0.39, 0.29) is 18.2 Å². The Morgan fingerprint density at radius 2 is 1.67 bits per heavy atom. The highest BCUT2D eigenvalue weighted by Gasteiger charge is 2.26. The van der Waals surface area contributed by atoms with E-state index in [0.717, 1.165) is 23.4 Å². The molecule has 0 fully saturated rings. The molecule has 36 heavy (non-hydrogen) atoms. The van der Waals surface area contributed by atoms with Crippen LogP contribution in [-0.4, -0.2) is 57.8 Å². The fourth-order valence-electron chi connectivity index (χ4n) is 3.91. The van der Waals surface area contributed by atoms with Crippen molar-refractivity contribution in [1.29, 1.82) is 0 Å². The van der Waals surface area contributed by atoms with Gasteiger partial charge in [-0.1, -0.05) is 37.3 Å². The second-order valence-corrected chi connectivity index (χ2v) is 10.1. The van der Waals surface area contributed by atoms with E-state index in [1.54, 1.807) is 7.11 Å². The summed E-state index contributed by atoms with van der Waals surface area (Å²) >= 11 is 0. The number of aromatic nitrogens is 2. The molecule has 196 valence electrons. The average molecular weight is 496 g/mol. The smallest absolute Gasteiger partial charge is 0.227 e. The summed E-state index contributed by atoms with van der Waals surface area (Å²) in [6.45, 7) is 13.6. The van der Waals surface area contributed by atoms with Gasteiger partial charge in [0.1, 0.15) is 0 Å². The highest BCUT2D eigenvalue weighted by molar-refractivity contribution is 5.47. The van der Waals surface area contributed by atoms with E-state index in [2.05, 4.69) is 18.7 Å². The van der Waals surface area contributed by atoms with Gasteiger partial charge in [0.05, 0.1) is 42.4 Å². The zero-order valence-electron chi connectivity index (χ0n) is 22.7. The summed E-state index contributed by atoms with van der Waals surface area (Å²) in [6, 6.07) is 17.8. The van der Waals surface area contributed by atoms with Crippen LogP contribution in [0.5, 0.6) is 17.4 Å². The van der Waals surface area contributed by atoms with Crippen molar-refractivity contribution in [2.45, 2.75) is 72.3 Å². The standard InChI is InChI=1S/C29H41N3O4/c1-8-21(2)31(18-24(33)20-35-29(4,5)6)19-25-22(3)30-32(23-14-10-9-11-15-23)28(25)36-27-17-13-12-16-26(27)34-7/h9-17,21,24,33H,8,18-20H2,1-7H3/t21-,24-/m0/s1. The van der Waals surface area contributed by atoms with Gasteiger partial charge in [-0.2, -0.15) is 5.10 Å². The van der Waals surface area contributed by atoms with Gasteiger partial charge in [0, 0.05) is 19.1 Å². The number of hydrogen-bond donors (Lipinski definition) is 1. The van der Waals surface area contributed by atoms with Crippen molar-refractivity contribution in [3.05, 3.63) is 65.9 Å². The maximum Gasteiger partial charge on any atom is 0.227 e. The topological polar surface area (TPSA) is 69.0 Å². The number of para-hydroxylation sites is 3. The van der Waals surface area contributed by atoms with Crippen molar-refractivity contribution in [2.24, 2.45) is 0 Å². The zero-order chi connectivity index (χ0) is 26.3. The fraction of sp³-hybridized carbons (Fsp3) is 0.483. The van der Waals surface area contributed by atoms with Crippen molar-refractivity contribution in [3.8, 4) is 23.1 Å². The third-order valence-electron chi connectivity index (χ3n) is 6.14. The molecule has 1 aromatic heterocycles. The molecule has 7 nitrogen and oxygen atoms in total. The molecule has 0 saturated carbocycles. The SMILES string of the molecule is CC[C@H](C)N(Cc1c(C)nn(-c2ccccc2)c1Oc1ccccc1OC)C[C@H](O)COC(C)(C)C. The Morgan fingerprint density at radius 3 is 2.28 bits per heavy atom. The molecular weight excluding hydrogens is 454 g/mol. The highest BCUT2D eigenvalue weighted by Crippen LogP contribution is 2.36. The molecule has 0 aliphatic carbocycles. The summed E-state index contributed by atoms with van der Waals surface area (Å²) in [4.78, 5) is 2.27. The van der Waals surface area contributed by atoms with E-state index in [1.165, 1.54) is 0 Å². The van der Waals surface area contributed by atoms with Crippen LogP contribution in [0.2, 0.25) is 0 Å². The van der Waals surface area contributed by atoms with Gasteiger partial charge in [-0.05, 0) is 65.3 Å². The first-order valence-electron chi connectivity index (χ1n) is 12.6. The average Bonchev–Trinajstić information content (AvgIpc) is 3.17. The van der Waals surface area contributed by atoms with Crippen molar-refractivity contribution in [1.82, 2.24) is 14.7 Å². The maximum absolute atomic E-state index is 10.8. The lowest BCUT2D eigenvalue weighted by Crippen LogP contribution is -2.41. The third kappa shape index (κ3) is 7.32. The Kier molecular flexibility index (Phi) is 9.54. The van der Waals surface area contributed by atoms with Gasteiger partial charge in [0.15, 0.2) is 11.5 Å². The maximum atomic E-state index is 10.8. The van der Waals surface area contributed by atoms with E-state index in [0.29, 0.717) is 30.5 Å². The van der Waals surface area contributed by atoms with Crippen LogP contribution in [0.1, 0.15) is 52.3 Å². The van der Waals surface area contributed by atoms with E-state index >= 15 is 0 Å². The number of rotatable bonds is 12. The number of aliphatic hydroxyl groups excluding tert-OH is 1. The second-order valence-electron chi connectivity index (χ2n) is 10.1. The molecule has 1 N–H and O–H groups in total. The van der Waals surface area contributed by atoms with Crippen molar-refractivity contribution >= 4 is 0 Å². The van der Waals surface area contributed by atoms with Crippen LogP contribution in [0.4, 0.5) is 0 Å². The summed E-state index contributed by atoms with van der Waals surface area (Å²) in [5.41, 5.74) is 2.45. The fourth-order valence-corrected chi connectivity index (χ4v) is 3.91. The number of hydrogen-bond acceptors (Lipinski definition) is 6. The Labute approximate surface area is 215 Å². The second kappa shape index (κ2) is 12.4. The first-order chi connectivity index (χ1) is 17.1. The number of methoxy groups -OCH3 is 1. The van der Waals surface area contributed by atoms with Gasteiger partial charge < -0.3 is 19.3 Å². The number of nitrogens with zero attached hydrogens (tertiary/aromatic N) is 3. The normalized spacial score (nSPS) is 13.6. The molecule has 0 spiro atoms. The molecule has 2 aromatic carbocycles. The van der Waals surface area contributed by atoms with Gasteiger partial charge in [0.25, 0.3) is 0 Å². The molecule has 0 saturated heterocycles. The number of aliphatic hydroxyl groups is 1. The summed E-state index contributed by atoms with van der Waals surface area (Å²) < 4.78 is 19.7. The van der Waals surface area contributed by atoms with Crippen molar-refractivity contribution in [2.75, 3.05) is 20.3 Å². The first kappa shape index (κ1) is 27.7. The number of ether oxygens (including phenoxy) is 3. The minimum Gasteiger partial charge on any atom is -0.493 e. The van der Waals surface area contributed by atoms with E-state index in [1.807, 2.05) is 87.0 Å². The molecule has 0 aliphatic heterocycles. The van der Waals surface area contributed by atoms with Crippen molar-refractivity contribution < 1.29 is 19.3 Å². The van der Waals surface area contributed by atoms with Gasteiger partial charge in [0.2, 0.25) is 5.88 Å². The number of aryl methyl sites for hydroxylation is 1. The molecule has 0 aliphatic rings. The Bertz CT molecular complexity index is 1090. The van der Waals surface area contributed by atoms with E-state index in [4.69, 9.17) is 19.3 Å². The molecular formula is C29H41N3O4. The van der Waals surface area contributed by atoms with Crippen molar-refractivity contribution in [3.63, 3.8) is 0 Å². The van der Waals surface area contributed by atoms with Crippen LogP contribution < -0.4 is 9.47 Å². The molecule has 1 heterocycles. The predicted molar refractivity (Wildman–Crippen MR) is 143 cm³/mol. The summed E-state index contributed by atoms with van der Waals surface area (Å²) in [5.74, 6) is 1.90. The lowest BCUT2D eigenvalue weighted by Gasteiger charge is -2.31. The van der Waals surface area contributed by atoms with E-state index in [9.17, 15) is 5.11 Å². The molecule has 3 rings (SSSR count). The summed E-state index contributed by atoms with van der Waals surface area (Å²) in [5, 5.41) is 15.7. The molecule has 0 unspecified atom stereocenters. The monoisotopic (exact) mass is 495 g/mol. The van der Waals surface area contributed by atoms with Crippen LogP contribution in [0, 0.1) is 6.92 Å². The molecule has 0 bridgehead atoms. The van der Waals surface area contributed by atoms with Crippen LogP contribution in [0.25, 0.3) is 5.69 Å². The largest absolute Gasteiger partial charge is 0.493 e. The zero-order valence-corrected chi connectivity index (χ0v) is 22.7. The van der Waals surface area contributed by atoms with Crippen LogP contribution in [-0.2, 0) is 11.3 Å². The van der Waals surface area contributed by atoms with Crippen LogP contribution >= 0.6 is 0 Å². The summed E-state index contributed by atoms with van der Waals surface area (Å²) in [7, 11) is 1.63. The Balaban J connectivity index is 1.98. The van der Waals surface area contributed by atoms with Gasteiger partial charge >= 0.3 is 0 Å². The Hall–Kier alpha value is -2.87. The predicted octanol–water partition coefficient (Wildman–Crippen LogP) is 5.76. The van der Waals surface area contributed by atoms with Crippen LogP contribution in [0.3, 0.4) is 0 Å². The van der Waals surface area contributed by atoms with E-state index < -0.39 is 6.10 Å². The highest BCUT2D eigenvalue weighted by atomic mass is 16.5. The van der Waals surface area contributed by atoms with Gasteiger partial charge in [-0.15, -0.1) is 0 Å². The van der Waals surface area contributed by atoms with Crippen LogP contribution in [0.15, 0.2) is 54.6 Å².